The fourth-order valence-corrected chi connectivity index (χ4v) is 3.34. The van der Waals surface area contributed by atoms with Crippen molar-refractivity contribution in [3.63, 3.8) is 0 Å². The van der Waals surface area contributed by atoms with Crippen LogP contribution in [0, 0.1) is 0 Å². The molecule has 0 saturated heterocycles. The molecule has 5 heteroatoms. The molecule has 0 heterocycles. The lowest BCUT2D eigenvalue weighted by molar-refractivity contribution is 1.87. The van der Waals surface area contributed by atoms with Crippen molar-refractivity contribution in [2.45, 2.75) is 0 Å². The summed E-state index contributed by atoms with van der Waals surface area (Å²) in [4.78, 5) is 0. The topological polar surface area (TPSA) is 0 Å². The lowest BCUT2D eigenvalue weighted by Crippen LogP contribution is -2.25. The van der Waals surface area contributed by atoms with Gasteiger partial charge in [-0.2, -0.15) is 0 Å². The van der Waals surface area contributed by atoms with Crippen molar-refractivity contribution >= 4 is 98.9 Å². The van der Waals surface area contributed by atoms with Gasteiger partial charge in [0.15, 0.2) is 0 Å². The minimum absolute atomic E-state index is 0.522. The Bertz CT molecular complexity index is 1100. The largest absolute Gasteiger partial charge is 0.114 e. The fraction of sp³-hybridized carbons (Fsp3) is 0. The van der Waals surface area contributed by atoms with Crippen molar-refractivity contribution < 1.29 is 0 Å². The molecule has 10 radical (unpaired) electrons. The third kappa shape index (κ3) is 2.06. The summed E-state index contributed by atoms with van der Waals surface area (Å²) in [5, 5.41) is 5.67. The van der Waals surface area contributed by atoms with Crippen LogP contribution in [0.3, 0.4) is 0 Å². The molecular formula is C18H7B5. The molecule has 0 aliphatic rings. The zero-order valence-corrected chi connectivity index (χ0v) is 12.4. The van der Waals surface area contributed by atoms with Gasteiger partial charge in [0, 0.05) is 0 Å². The molecule has 0 N–H and O–H groups in total. The molecular weight excluding hydrogens is 270 g/mol. The summed E-state index contributed by atoms with van der Waals surface area (Å²) in [7, 11) is 30.5. The lowest BCUT2D eigenvalue weighted by atomic mass is 9.74. The number of hydrogen-bond donors (Lipinski definition) is 0. The third-order valence-electron chi connectivity index (χ3n) is 4.34. The Morgan fingerprint density at radius 2 is 1.09 bits per heavy atom. The third-order valence-corrected chi connectivity index (χ3v) is 4.34. The highest BCUT2D eigenvalue weighted by atomic mass is 14.1. The van der Waals surface area contributed by atoms with Gasteiger partial charge < -0.3 is 0 Å². The summed E-state index contributed by atoms with van der Waals surface area (Å²) in [5.74, 6) is 0. The van der Waals surface area contributed by atoms with Crippen LogP contribution < -0.4 is 27.3 Å². The van der Waals surface area contributed by atoms with Crippen LogP contribution in [0.1, 0.15) is 0 Å². The summed E-state index contributed by atoms with van der Waals surface area (Å²) in [6.07, 6.45) is 0. The highest BCUT2D eigenvalue weighted by Crippen LogP contribution is 2.31. The maximum absolute atomic E-state index is 6.26. The van der Waals surface area contributed by atoms with E-state index in [1.54, 1.807) is 6.07 Å². The first-order valence-electron chi connectivity index (χ1n) is 7.25. The highest BCUT2D eigenvalue weighted by Gasteiger charge is 2.12. The van der Waals surface area contributed by atoms with Crippen LogP contribution in [-0.4, -0.2) is 39.2 Å². The number of fused-ring (bicyclic) bond motifs is 6. The van der Waals surface area contributed by atoms with Gasteiger partial charge in [-0.15, -0.1) is 10.9 Å². The molecule has 0 aliphatic heterocycles. The Hall–Kier alpha value is -2.02. The van der Waals surface area contributed by atoms with E-state index in [4.69, 9.17) is 39.2 Å². The summed E-state index contributed by atoms with van der Waals surface area (Å²) >= 11 is 0. The summed E-state index contributed by atoms with van der Waals surface area (Å²) < 4.78 is 0. The number of rotatable bonds is 0. The maximum atomic E-state index is 6.26. The molecule has 0 spiro atoms. The quantitative estimate of drug-likeness (QED) is 0.289. The smallest absolute Gasteiger partial charge is 0.103 e. The molecule has 4 rings (SSSR count). The Kier molecular flexibility index (Phi) is 3.16. The van der Waals surface area contributed by atoms with Crippen LogP contribution in [0.4, 0.5) is 0 Å². The second kappa shape index (κ2) is 4.99. The highest BCUT2D eigenvalue weighted by molar-refractivity contribution is 6.53. The Labute approximate surface area is 141 Å². The van der Waals surface area contributed by atoms with Gasteiger partial charge in [-0.3, -0.25) is 0 Å². The average molecular weight is 277 g/mol. The molecule has 0 fully saturated rings. The van der Waals surface area contributed by atoms with E-state index in [2.05, 4.69) is 0 Å². The zero-order chi connectivity index (χ0) is 16.3. The molecule has 23 heavy (non-hydrogen) atoms. The summed E-state index contributed by atoms with van der Waals surface area (Å²) in [6.45, 7) is 0. The molecule has 0 atom stereocenters. The van der Waals surface area contributed by atoms with Crippen molar-refractivity contribution in [2.75, 3.05) is 0 Å². The monoisotopic (exact) mass is 278 g/mol. The summed E-state index contributed by atoms with van der Waals surface area (Å²) in [6, 6.07) is 13.2. The van der Waals surface area contributed by atoms with Gasteiger partial charge in [-0.05, 0) is 32.3 Å². The van der Waals surface area contributed by atoms with E-state index in [0.29, 0.717) is 27.3 Å². The van der Waals surface area contributed by atoms with E-state index in [9.17, 15) is 0 Å². The minimum atomic E-state index is 0.522. The van der Waals surface area contributed by atoms with Gasteiger partial charge >= 0.3 is 0 Å². The minimum Gasteiger partial charge on any atom is -0.103 e. The van der Waals surface area contributed by atoms with E-state index < -0.39 is 0 Å². The maximum Gasteiger partial charge on any atom is 0.114 e. The molecule has 0 unspecified atom stereocenters. The van der Waals surface area contributed by atoms with Gasteiger partial charge in [-0.1, -0.05) is 58.9 Å². The number of hydrogen-bond acceptors (Lipinski definition) is 0. The van der Waals surface area contributed by atoms with Crippen LogP contribution in [0.5, 0.6) is 0 Å². The van der Waals surface area contributed by atoms with E-state index in [-0.39, 0.29) is 0 Å². The molecule has 94 valence electrons. The molecule has 4 aromatic carbocycles. The van der Waals surface area contributed by atoms with Crippen molar-refractivity contribution in [1.29, 1.82) is 0 Å². The van der Waals surface area contributed by atoms with E-state index in [1.807, 2.05) is 36.4 Å². The first-order valence-corrected chi connectivity index (χ1v) is 7.25. The Balaban J connectivity index is 2.46. The van der Waals surface area contributed by atoms with E-state index >= 15 is 0 Å². The van der Waals surface area contributed by atoms with Gasteiger partial charge in [0.2, 0.25) is 0 Å². The van der Waals surface area contributed by atoms with Crippen LogP contribution >= 0.6 is 0 Å². The van der Waals surface area contributed by atoms with Gasteiger partial charge in [0.05, 0.1) is 0 Å². The second-order valence-corrected chi connectivity index (χ2v) is 5.83. The molecule has 0 saturated carbocycles. The van der Waals surface area contributed by atoms with Crippen LogP contribution in [0.15, 0.2) is 42.5 Å². The van der Waals surface area contributed by atoms with Crippen molar-refractivity contribution in [2.24, 2.45) is 0 Å². The van der Waals surface area contributed by atoms with Gasteiger partial charge in [0.1, 0.15) is 39.2 Å². The van der Waals surface area contributed by atoms with Crippen LogP contribution in [0.2, 0.25) is 0 Å². The molecule has 0 aliphatic carbocycles. The average Bonchev–Trinajstić information content (AvgIpc) is 2.48. The van der Waals surface area contributed by atoms with Gasteiger partial charge in [-0.25, -0.2) is 0 Å². The standard InChI is InChI=1S/C18H7B5/c19-8-4-11-10-6-14(21)15(22)7-12(10)17-9(2-1-3-13(17)20)18(11)16(23)5-8/h1-7H. The predicted molar refractivity (Wildman–Crippen MR) is 106 cm³/mol. The van der Waals surface area contributed by atoms with Gasteiger partial charge in [0.25, 0.3) is 0 Å². The van der Waals surface area contributed by atoms with Crippen LogP contribution in [-0.2, 0) is 0 Å². The van der Waals surface area contributed by atoms with Crippen molar-refractivity contribution in [3.8, 4) is 0 Å². The Morgan fingerprint density at radius 1 is 0.478 bits per heavy atom. The lowest BCUT2D eigenvalue weighted by Gasteiger charge is -2.17. The first kappa shape index (κ1) is 14.6. The van der Waals surface area contributed by atoms with Crippen molar-refractivity contribution in [3.05, 3.63) is 42.5 Å². The predicted octanol–water partition coefficient (Wildman–Crippen LogP) is -0.885. The summed E-state index contributed by atoms with van der Waals surface area (Å²) in [5.41, 5.74) is 2.95. The SMILES string of the molecule is [B]c1cc([B])c2c(c1)c1cc([B])c([B])cc1c1c([B])cccc21. The molecule has 0 bridgehead atoms. The zero-order valence-electron chi connectivity index (χ0n) is 12.4. The molecule has 0 amide bonds. The molecule has 0 nitrogen and oxygen atoms in total. The van der Waals surface area contributed by atoms with E-state index in [1.165, 1.54) is 0 Å². The Morgan fingerprint density at radius 3 is 1.83 bits per heavy atom. The van der Waals surface area contributed by atoms with E-state index in [0.717, 1.165) is 32.3 Å². The molecule has 0 aromatic heterocycles. The van der Waals surface area contributed by atoms with Crippen molar-refractivity contribution in [1.82, 2.24) is 0 Å². The number of benzene rings is 4. The van der Waals surface area contributed by atoms with Crippen LogP contribution in [0.25, 0.3) is 32.3 Å². The first-order chi connectivity index (χ1) is 11.0. The second-order valence-electron chi connectivity index (χ2n) is 5.83. The normalized spacial score (nSPS) is 11.5. The fourth-order valence-electron chi connectivity index (χ4n) is 3.34. The molecule has 4 aromatic rings.